The zero-order valence-corrected chi connectivity index (χ0v) is 13.2. The molecular formula is C14H21N3O2S. The predicted octanol–water partition coefficient (Wildman–Crippen LogP) is 1.60. The van der Waals surface area contributed by atoms with Crippen LogP contribution in [0.3, 0.4) is 0 Å². The largest absolute Gasteiger partial charge is 0.331 e. The first-order valence-electron chi connectivity index (χ1n) is 6.60. The van der Waals surface area contributed by atoms with Gasteiger partial charge in [-0.25, -0.2) is 13.4 Å². The summed E-state index contributed by atoms with van der Waals surface area (Å²) in [5, 5.41) is 0. The molecule has 1 aromatic heterocycles. The minimum absolute atomic E-state index is 0.209. The molecule has 5 nitrogen and oxygen atoms in total. The summed E-state index contributed by atoms with van der Waals surface area (Å²) in [6.45, 7) is 4.65. The fourth-order valence-electron chi connectivity index (χ4n) is 2.34. The van der Waals surface area contributed by atoms with E-state index >= 15 is 0 Å². The molecule has 0 aliphatic rings. The van der Waals surface area contributed by atoms with E-state index in [1.54, 1.807) is 18.2 Å². The van der Waals surface area contributed by atoms with Gasteiger partial charge in [0.1, 0.15) is 5.82 Å². The van der Waals surface area contributed by atoms with Crippen LogP contribution < -0.4 is 5.73 Å². The third-order valence-corrected chi connectivity index (χ3v) is 5.16. The molecule has 0 saturated carbocycles. The lowest BCUT2D eigenvalue weighted by molar-refractivity contribution is 0.427. The van der Waals surface area contributed by atoms with Gasteiger partial charge in [0.15, 0.2) is 9.84 Å². The van der Waals surface area contributed by atoms with Crippen molar-refractivity contribution in [2.45, 2.75) is 30.6 Å². The molecule has 1 atom stereocenters. The molecule has 1 unspecified atom stereocenters. The quantitative estimate of drug-likeness (QED) is 0.929. The maximum atomic E-state index is 11.6. The van der Waals surface area contributed by atoms with E-state index in [9.17, 15) is 8.42 Å². The second-order valence-electron chi connectivity index (χ2n) is 5.54. The van der Waals surface area contributed by atoms with Crippen LogP contribution in [-0.4, -0.2) is 30.8 Å². The van der Waals surface area contributed by atoms with E-state index in [2.05, 4.69) is 18.8 Å². The van der Waals surface area contributed by atoms with Gasteiger partial charge in [-0.05, 0) is 24.6 Å². The summed E-state index contributed by atoms with van der Waals surface area (Å²) in [7, 11) is -1.28. The van der Waals surface area contributed by atoms with Crippen LogP contribution in [0.25, 0.3) is 11.0 Å². The Morgan fingerprint density at radius 1 is 1.40 bits per heavy atom. The van der Waals surface area contributed by atoms with Crippen LogP contribution in [0.2, 0.25) is 0 Å². The molecule has 0 amide bonds. The minimum atomic E-state index is -3.22. The molecule has 110 valence electrons. The molecule has 2 rings (SSSR count). The van der Waals surface area contributed by atoms with Gasteiger partial charge in [-0.1, -0.05) is 13.8 Å². The van der Waals surface area contributed by atoms with E-state index in [1.165, 1.54) is 6.26 Å². The third kappa shape index (κ3) is 2.33. The van der Waals surface area contributed by atoms with Gasteiger partial charge in [0.2, 0.25) is 0 Å². The second-order valence-corrected chi connectivity index (χ2v) is 7.55. The van der Waals surface area contributed by atoms with E-state index in [1.807, 2.05) is 11.6 Å². The number of sulfone groups is 1. The van der Waals surface area contributed by atoms with Crippen LogP contribution >= 0.6 is 0 Å². The molecule has 0 spiro atoms. The average molecular weight is 295 g/mol. The lowest BCUT2D eigenvalue weighted by Gasteiger charge is -2.25. The first-order valence-corrected chi connectivity index (χ1v) is 8.49. The second kappa shape index (κ2) is 4.86. The highest BCUT2D eigenvalue weighted by atomic mass is 32.2. The van der Waals surface area contributed by atoms with Gasteiger partial charge in [0.25, 0.3) is 0 Å². The number of aromatic nitrogens is 2. The summed E-state index contributed by atoms with van der Waals surface area (Å²) >= 11 is 0. The Labute approximate surface area is 119 Å². The normalized spacial score (nSPS) is 15.4. The Morgan fingerprint density at radius 3 is 2.55 bits per heavy atom. The first-order chi connectivity index (χ1) is 9.23. The van der Waals surface area contributed by atoms with E-state index in [0.29, 0.717) is 17.0 Å². The van der Waals surface area contributed by atoms with Crippen molar-refractivity contribution in [3.05, 3.63) is 24.0 Å². The molecule has 0 aliphatic carbocycles. The third-order valence-electron chi connectivity index (χ3n) is 4.05. The number of rotatable bonds is 4. The average Bonchev–Trinajstić information content (AvgIpc) is 2.74. The lowest BCUT2D eigenvalue weighted by atomic mass is 9.87. The van der Waals surface area contributed by atoms with Gasteiger partial charge in [-0.3, -0.25) is 0 Å². The number of fused-ring (bicyclic) bond motifs is 1. The SMILES string of the molecule is CCC(C)(CN)c1nc2cc(S(C)(=O)=O)ccc2n1C. The summed E-state index contributed by atoms with van der Waals surface area (Å²) in [4.78, 5) is 4.91. The van der Waals surface area contributed by atoms with Crippen molar-refractivity contribution >= 4 is 20.9 Å². The lowest BCUT2D eigenvalue weighted by Crippen LogP contribution is -2.33. The van der Waals surface area contributed by atoms with Gasteiger partial charge in [0, 0.05) is 25.3 Å². The van der Waals surface area contributed by atoms with Crippen molar-refractivity contribution in [3.63, 3.8) is 0 Å². The van der Waals surface area contributed by atoms with E-state index in [-0.39, 0.29) is 5.41 Å². The predicted molar refractivity (Wildman–Crippen MR) is 80.5 cm³/mol. The number of nitrogens with zero attached hydrogens (tertiary/aromatic N) is 2. The number of aryl methyl sites for hydroxylation is 1. The Morgan fingerprint density at radius 2 is 2.05 bits per heavy atom. The zero-order valence-electron chi connectivity index (χ0n) is 12.3. The van der Waals surface area contributed by atoms with Crippen LogP contribution in [0.4, 0.5) is 0 Å². The minimum Gasteiger partial charge on any atom is -0.331 e. The topological polar surface area (TPSA) is 78.0 Å². The molecule has 1 heterocycles. The monoisotopic (exact) mass is 295 g/mol. The summed E-state index contributed by atoms with van der Waals surface area (Å²) in [6, 6.07) is 5.05. The van der Waals surface area contributed by atoms with Crippen LogP contribution in [0.1, 0.15) is 26.1 Å². The molecular weight excluding hydrogens is 274 g/mol. The summed E-state index contributed by atoms with van der Waals surface area (Å²) in [6.07, 6.45) is 2.08. The number of benzene rings is 1. The summed E-state index contributed by atoms with van der Waals surface area (Å²) < 4.78 is 25.2. The van der Waals surface area contributed by atoms with Gasteiger partial charge < -0.3 is 10.3 Å². The fraction of sp³-hybridized carbons (Fsp3) is 0.500. The smallest absolute Gasteiger partial charge is 0.175 e. The fourth-order valence-corrected chi connectivity index (χ4v) is 2.98. The molecule has 20 heavy (non-hydrogen) atoms. The maximum absolute atomic E-state index is 11.6. The molecule has 2 aromatic rings. The van der Waals surface area contributed by atoms with Crippen LogP contribution in [0.15, 0.2) is 23.1 Å². The van der Waals surface area contributed by atoms with Gasteiger partial charge in [-0.2, -0.15) is 0 Å². The number of imidazole rings is 1. The Balaban J connectivity index is 2.70. The molecule has 0 bridgehead atoms. The Kier molecular flexibility index (Phi) is 3.64. The van der Waals surface area contributed by atoms with Crippen LogP contribution in [0.5, 0.6) is 0 Å². The van der Waals surface area contributed by atoms with Crippen molar-refractivity contribution in [2.75, 3.05) is 12.8 Å². The van der Waals surface area contributed by atoms with Crippen molar-refractivity contribution in [1.29, 1.82) is 0 Å². The van der Waals surface area contributed by atoms with Gasteiger partial charge in [0.05, 0.1) is 15.9 Å². The standard InChI is InChI=1S/C14H21N3O2S/c1-5-14(2,9-15)13-16-11-8-10(20(4,18)19)6-7-12(11)17(13)3/h6-8H,5,9,15H2,1-4H3. The molecule has 0 fully saturated rings. The first kappa shape index (κ1) is 15.0. The zero-order chi connectivity index (χ0) is 15.1. The van der Waals surface area contributed by atoms with E-state index in [4.69, 9.17) is 5.73 Å². The molecule has 0 aliphatic heterocycles. The Bertz CT molecular complexity index is 743. The maximum Gasteiger partial charge on any atom is 0.175 e. The van der Waals surface area contributed by atoms with Crippen LogP contribution in [-0.2, 0) is 22.3 Å². The van der Waals surface area contributed by atoms with Crippen LogP contribution in [0, 0.1) is 0 Å². The molecule has 1 aromatic carbocycles. The van der Waals surface area contributed by atoms with Gasteiger partial charge >= 0.3 is 0 Å². The molecule has 0 radical (unpaired) electrons. The summed E-state index contributed by atoms with van der Waals surface area (Å²) in [5.41, 5.74) is 7.29. The van der Waals surface area contributed by atoms with Crippen molar-refractivity contribution in [3.8, 4) is 0 Å². The molecule has 6 heteroatoms. The molecule has 2 N–H and O–H groups in total. The highest BCUT2D eigenvalue weighted by Crippen LogP contribution is 2.29. The molecule has 0 saturated heterocycles. The highest BCUT2D eigenvalue weighted by Gasteiger charge is 2.28. The van der Waals surface area contributed by atoms with Gasteiger partial charge in [-0.15, -0.1) is 0 Å². The van der Waals surface area contributed by atoms with E-state index < -0.39 is 9.84 Å². The summed E-state index contributed by atoms with van der Waals surface area (Å²) in [5.74, 6) is 0.892. The Hall–Kier alpha value is -1.40. The number of hydrogen-bond acceptors (Lipinski definition) is 4. The van der Waals surface area contributed by atoms with Crippen molar-refractivity contribution in [2.24, 2.45) is 12.8 Å². The van der Waals surface area contributed by atoms with Crippen molar-refractivity contribution in [1.82, 2.24) is 9.55 Å². The highest BCUT2D eigenvalue weighted by molar-refractivity contribution is 7.90. The number of nitrogens with two attached hydrogens (primary N) is 1. The van der Waals surface area contributed by atoms with Crippen molar-refractivity contribution < 1.29 is 8.42 Å². The number of hydrogen-bond donors (Lipinski definition) is 1. The van der Waals surface area contributed by atoms with E-state index in [0.717, 1.165) is 17.8 Å².